The van der Waals surface area contributed by atoms with Gasteiger partial charge in [-0.25, -0.2) is 0 Å². The topological polar surface area (TPSA) is 110 Å². The molecule has 4 aromatic rings. The summed E-state index contributed by atoms with van der Waals surface area (Å²) in [6, 6.07) is 10.8. The summed E-state index contributed by atoms with van der Waals surface area (Å²) in [6.45, 7) is 1.32. The molecule has 3 aromatic heterocycles. The van der Waals surface area contributed by atoms with E-state index in [1.54, 1.807) is 18.4 Å². The van der Waals surface area contributed by atoms with Crippen LogP contribution in [0.25, 0.3) is 16.5 Å². The number of carbonyl (C=O) groups excluding carboxylic acids is 1. The molecule has 0 saturated carbocycles. The highest BCUT2D eigenvalue weighted by atomic mass is 35.5. The molecule has 1 amide bonds. The van der Waals surface area contributed by atoms with Gasteiger partial charge in [0.15, 0.2) is 5.76 Å². The van der Waals surface area contributed by atoms with Crippen LogP contribution in [0.15, 0.2) is 47.1 Å². The van der Waals surface area contributed by atoms with Crippen LogP contribution in [-0.4, -0.2) is 43.6 Å². The minimum absolute atomic E-state index is 0.0206. The standard InChI is InChI=1S/C21H20ClN5O3S/c22-14-5-2-1-4-13(14)16(26-9-7-12(8-10-26)18(23)28)17-20(29)27-21(31-17)24-19(25-27)15-6-3-11-30-15/h1-6,11-12,16,29H,7-10H2,(H2,23,28). The second kappa shape index (κ2) is 7.99. The molecule has 31 heavy (non-hydrogen) atoms. The summed E-state index contributed by atoms with van der Waals surface area (Å²) in [5, 5.41) is 16.1. The van der Waals surface area contributed by atoms with Crippen molar-refractivity contribution in [2.45, 2.75) is 18.9 Å². The van der Waals surface area contributed by atoms with Gasteiger partial charge in [0.2, 0.25) is 22.6 Å². The number of likely N-dealkylation sites (tertiary alicyclic amines) is 1. The van der Waals surface area contributed by atoms with Gasteiger partial charge in [0.25, 0.3) is 0 Å². The van der Waals surface area contributed by atoms with Gasteiger partial charge < -0.3 is 15.3 Å². The first-order valence-electron chi connectivity index (χ1n) is 9.93. The van der Waals surface area contributed by atoms with Gasteiger partial charge in [0.05, 0.1) is 17.2 Å². The Morgan fingerprint density at radius 1 is 1.26 bits per heavy atom. The number of piperidine rings is 1. The third-order valence-corrected chi connectivity index (χ3v) is 7.10. The number of amides is 1. The Hall–Kier alpha value is -2.88. The van der Waals surface area contributed by atoms with Crippen LogP contribution in [0.2, 0.25) is 5.02 Å². The molecule has 0 radical (unpaired) electrons. The highest BCUT2D eigenvalue weighted by Gasteiger charge is 2.34. The van der Waals surface area contributed by atoms with Crippen molar-refractivity contribution < 1.29 is 14.3 Å². The third kappa shape index (κ3) is 3.58. The lowest BCUT2D eigenvalue weighted by atomic mass is 9.93. The summed E-state index contributed by atoms with van der Waals surface area (Å²) in [4.78, 5) is 19.6. The van der Waals surface area contributed by atoms with Crippen molar-refractivity contribution in [3.63, 3.8) is 0 Å². The zero-order valence-electron chi connectivity index (χ0n) is 16.4. The number of aromatic hydroxyl groups is 1. The number of thiazole rings is 1. The van der Waals surface area contributed by atoms with Crippen molar-refractivity contribution >= 4 is 33.8 Å². The zero-order valence-corrected chi connectivity index (χ0v) is 18.0. The number of furan rings is 1. The molecule has 10 heteroatoms. The summed E-state index contributed by atoms with van der Waals surface area (Å²) in [5.74, 6) is 0.575. The van der Waals surface area contributed by atoms with E-state index >= 15 is 0 Å². The Kier molecular flexibility index (Phi) is 5.17. The summed E-state index contributed by atoms with van der Waals surface area (Å²) in [7, 11) is 0. The van der Waals surface area contributed by atoms with E-state index < -0.39 is 0 Å². The molecular weight excluding hydrogens is 438 g/mol. The number of hydrogen-bond acceptors (Lipinski definition) is 7. The summed E-state index contributed by atoms with van der Waals surface area (Å²) < 4.78 is 6.80. The van der Waals surface area contributed by atoms with E-state index in [1.807, 2.05) is 24.3 Å². The normalized spacial score (nSPS) is 16.7. The average molecular weight is 458 g/mol. The molecule has 8 nitrogen and oxygen atoms in total. The molecule has 1 unspecified atom stereocenters. The van der Waals surface area contributed by atoms with Crippen molar-refractivity contribution in [1.29, 1.82) is 0 Å². The summed E-state index contributed by atoms with van der Waals surface area (Å²) in [6.07, 6.45) is 2.89. The molecule has 0 bridgehead atoms. The van der Waals surface area contributed by atoms with Crippen LogP contribution in [0.1, 0.15) is 29.3 Å². The van der Waals surface area contributed by atoms with E-state index in [-0.39, 0.29) is 23.7 Å². The predicted octanol–water partition coefficient (Wildman–Crippen LogP) is 3.70. The van der Waals surface area contributed by atoms with Gasteiger partial charge in [-0.05, 0) is 49.7 Å². The first-order valence-corrected chi connectivity index (χ1v) is 11.1. The van der Waals surface area contributed by atoms with Crippen molar-refractivity contribution in [2.75, 3.05) is 13.1 Å². The summed E-state index contributed by atoms with van der Waals surface area (Å²) >= 11 is 7.92. The maximum absolute atomic E-state index is 11.6. The Morgan fingerprint density at radius 3 is 2.68 bits per heavy atom. The van der Waals surface area contributed by atoms with Crippen LogP contribution in [-0.2, 0) is 4.79 Å². The minimum atomic E-state index is -0.289. The van der Waals surface area contributed by atoms with E-state index in [9.17, 15) is 9.90 Å². The largest absolute Gasteiger partial charge is 0.492 e. The molecule has 1 aliphatic rings. The number of halogens is 1. The monoisotopic (exact) mass is 457 g/mol. The third-order valence-electron chi connectivity index (χ3n) is 5.69. The molecule has 0 spiro atoms. The number of aromatic nitrogens is 3. The highest BCUT2D eigenvalue weighted by Crippen LogP contribution is 2.43. The molecule has 1 aromatic carbocycles. The second-order valence-electron chi connectivity index (χ2n) is 7.53. The molecule has 3 N–H and O–H groups in total. The molecule has 1 atom stereocenters. The highest BCUT2D eigenvalue weighted by molar-refractivity contribution is 7.17. The van der Waals surface area contributed by atoms with Gasteiger partial charge in [-0.1, -0.05) is 41.1 Å². The van der Waals surface area contributed by atoms with E-state index in [0.29, 0.717) is 52.4 Å². The Bertz CT molecular complexity index is 1230. The van der Waals surface area contributed by atoms with E-state index in [4.69, 9.17) is 21.8 Å². The SMILES string of the molecule is NC(=O)C1CCN(C(c2ccccc2Cl)c2sc3nc(-c4ccco4)nn3c2O)CC1. The van der Waals surface area contributed by atoms with Crippen LogP contribution in [0.3, 0.4) is 0 Å². The molecule has 4 heterocycles. The number of carbonyl (C=O) groups is 1. The van der Waals surface area contributed by atoms with Gasteiger partial charge in [-0.2, -0.15) is 9.50 Å². The molecule has 160 valence electrons. The fourth-order valence-electron chi connectivity index (χ4n) is 4.08. The zero-order chi connectivity index (χ0) is 21.5. The van der Waals surface area contributed by atoms with Gasteiger partial charge in [-0.3, -0.25) is 9.69 Å². The number of nitrogens with zero attached hydrogens (tertiary/aromatic N) is 4. The maximum atomic E-state index is 11.6. The lowest BCUT2D eigenvalue weighted by molar-refractivity contribution is -0.123. The molecule has 0 aliphatic carbocycles. The lowest BCUT2D eigenvalue weighted by Crippen LogP contribution is -2.40. The molecule has 5 rings (SSSR count). The molecular formula is C21H20ClN5O3S. The van der Waals surface area contributed by atoms with Gasteiger partial charge >= 0.3 is 0 Å². The Labute approximate surface area is 186 Å². The van der Waals surface area contributed by atoms with Crippen molar-refractivity contribution in [3.8, 4) is 17.5 Å². The quantitative estimate of drug-likeness (QED) is 0.473. The minimum Gasteiger partial charge on any atom is -0.492 e. The fourth-order valence-corrected chi connectivity index (χ4v) is 5.43. The lowest BCUT2D eigenvalue weighted by Gasteiger charge is -2.36. The second-order valence-corrected chi connectivity index (χ2v) is 8.95. The number of benzene rings is 1. The number of hydrogen-bond donors (Lipinski definition) is 2. The first-order chi connectivity index (χ1) is 15.0. The van der Waals surface area contributed by atoms with E-state index in [0.717, 1.165) is 5.56 Å². The number of fused-ring (bicyclic) bond motifs is 1. The molecule has 1 saturated heterocycles. The van der Waals surface area contributed by atoms with Gasteiger partial charge in [0, 0.05) is 10.9 Å². The number of nitrogens with two attached hydrogens (primary N) is 1. The van der Waals surface area contributed by atoms with Crippen LogP contribution >= 0.6 is 22.9 Å². The molecule has 1 aliphatic heterocycles. The van der Waals surface area contributed by atoms with Crippen LogP contribution in [0, 0.1) is 5.92 Å². The van der Waals surface area contributed by atoms with Crippen molar-refractivity contribution in [1.82, 2.24) is 19.5 Å². The smallest absolute Gasteiger partial charge is 0.230 e. The van der Waals surface area contributed by atoms with Crippen molar-refractivity contribution in [2.24, 2.45) is 11.7 Å². The van der Waals surface area contributed by atoms with Gasteiger partial charge in [-0.15, -0.1) is 5.10 Å². The Balaban J connectivity index is 1.56. The number of primary amides is 1. The Morgan fingerprint density at radius 2 is 2.03 bits per heavy atom. The van der Waals surface area contributed by atoms with Gasteiger partial charge in [0.1, 0.15) is 0 Å². The fraction of sp³-hybridized carbons (Fsp3) is 0.286. The number of rotatable bonds is 5. The summed E-state index contributed by atoms with van der Waals surface area (Å²) in [5.41, 5.74) is 6.39. The molecule has 1 fully saturated rings. The van der Waals surface area contributed by atoms with Crippen LogP contribution < -0.4 is 5.73 Å². The first kappa shape index (κ1) is 20.0. The van der Waals surface area contributed by atoms with Crippen molar-refractivity contribution in [3.05, 3.63) is 58.1 Å². The predicted molar refractivity (Wildman–Crippen MR) is 117 cm³/mol. The van der Waals surface area contributed by atoms with Crippen LogP contribution in [0.4, 0.5) is 0 Å². The average Bonchev–Trinajstić information content (AvgIpc) is 3.49. The van der Waals surface area contributed by atoms with Crippen LogP contribution in [0.5, 0.6) is 5.88 Å². The van der Waals surface area contributed by atoms with E-state index in [1.165, 1.54) is 15.9 Å². The maximum Gasteiger partial charge on any atom is 0.230 e. The van der Waals surface area contributed by atoms with E-state index in [2.05, 4.69) is 15.0 Å².